The zero-order chi connectivity index (χ0) is 13.0. The topological polar surface area (TPSA) is 23.6 Å². The number of likely N-dealkylation sites (tertiary alicyclic amines) is 2. The van der Waals surface area contributed by atoms with Crippen molar-refractivity contribution in [3.05, 3.63) is 0 Å². The third-order valence-corrected chi connectivity index (χ3v) is 5.01. The standard InChI is InChI=1S/C15H28N2O/c1-3-4-9-16-10-5-15(6-11-16)7-12-17(13-8-15)14(2)18/h3-13H2,1-2H3. The monoisotopic (exact) mass is 252 g/mol. The first-order valence-corrected chi connectivity index (χ1v) is 7.63. The van der Waals surface area contributed by atoms with Gasteiger partial charge in [-0.25, -0.2) is 0 Å². The summed E-state index contributed by atoms with van der Waals surface area (Å²) in [6, 6.07) is 0. The molecule has 0 aliphatic carbocycles. The summed E-state index contributed by atoms with van der Waals surface area (Å²) in [4.78, 5) is 16.0. The second kappa shape index (κ2) is 6.05. The molecule has 3 heteroatoms. The lowest BCUT2D eigenvalue weighted by Crippen LogP contribution is -2.47. The van der Waals surface area contributed by atoms with Crippen LogP contribution in [0.5, 0.6) is 0 Å². The largest absolute Gasteiger partial charge is 0.343 e. The molecular formula is C15H28N2O. The van der Waals surface area contributed by atoms with Gasteiger partial charge in [0, 0.05) is 20.0 Å². The summed E-state index contributed by atoms with van der Waals surface area (Å²) in [5.74, 6) is 0.255. The lowest BCUT2D eigenvalue weighted by molar-refractivity contribution is -0.131. The first kappa shape index (κ1) is 13.9. The Labute approximate surface area is 112 Å². The average Bonchev–Trinajstić information content (AvgIpc) is 2.39. The van der Waals surface area contributed by atoms with Gasteiger partial charge in [-0.3, -0.25) is 4.79 Å². The Morgan fingerprint density at radius 1 is 1.06 bits per heavy atom. The van der Waals surface area contributed by atoms with Crippen molar-refractivity contribution in [1.82, 2.24) is 9.80 Å². The van der Waals surface area contributed by atoms with Crippen molar-refractivity contribution in [3.63, 3.8) is 0 Å². The molecule has 0 saturated carbocycles. The van der Waals surface area contributed by atoms with Gasteiger partial charge in [0.05, 0.1) is 0 Å². The van der Waals surface area contributed by atoms with Gasteiger partial charge < -0.3 is 9.80 Å². The van der Waals surface area contributed by atoms with E-state index < -0.39 is 0 Å². The number of amides is 1. The summed E-state index contributed by atoms with van der Waals surface area (Å²) in [7, 11) is 0. The predicted molar refractivity (Wildman–Crippen MR) is 74.5 cm³/mol. The van der Waals surface area contributed by atoms with Crippen molar-refractivity contribution in [2.24, 2.45) is 5.41 Å². The second-order valence-electron chi connectivity index (χ2n) is 6.20. The minimum absolute atomic E-state index is 0.255. The molecule has 1 amide bonds. The number of piperidine rings is 2. The smallest absolute Gasteiger partial charge is 0.219 e. The Morgan fingerprint density at radius 2 is 1.61 bits per heavy atom. The van der Waals surface area contributed by atoms with Crippen molar-refractivity contribution < 1.29 is 4.79 Å². The van der Waals surface area contributed by atoms with Crippen LogP contribution < -0.4 is 0 Å². The Balaban J connectivity index is 1.77. The van der Waals surface area contributed by atoms with Crippen LogP contribution in [-0.4, -0.2) is 48.4 Å². The number of carbonyl (C=O) groups excluding carboxylic acids is 1. The van der Waals surface area contributed by atoms with Crippen molar-refractivity contribution in [2.75, 3.05) is 32.7 Å². The Morgan fingerprint density at radius 3 is 2.11 bits per heavy atom. The number of unbranched alkanes of at least 4 members (excludes halogenated alkanes) is 1. The van der Waals surface area contributed by atoms with Gasteiger partial charge in [-0.15, -0.1) is 0 Å². The van der Waals surface area contributed by atoms with Crippen LogP contribution in [0.15, 0.2) is 0 Å². The van der Waals surface area contributed by atoms with Crippen LogP contribution in [0.3, 0.4) is 0 Å². The van der Waals surface area contributed by atoms with E-state index in [2.05, 4.69) is 11.8 Å². The molecule has 2 saturated heterocycles. The van der Waals surface area contributed by atoms with Gasteiger partial charge in [0.25, 0.3) is 0 Å². The molecule has 2 heterocycles. The van der Waals surface area contributed by atoms with Crippen molar-refractivity contribution in [1.29, 1.82) is 0 Å². The summed E-state index contributed by atoms with van der Waals surface area (Å²) in [6.07, 6.45) is 7.80. The molecule has 0 N–H and O–H groups in total. The highest BCUT2D eigenvalue weighted by Crippen LogP contribution is 2.41. The fourth-order valence-corrected chi connectivity index (χ4v) is 3.43. The number of nitrogens with zero attached hydrogens (tertiary/aromatic N) is 2. The highest BCUT2D eigenvalue weighted by molar-refractivity contribution is 5.73. The van der Waals surface area contributed by atoms with E-state index in [1.807, 2.05) is 4.90 Å². The van der Waals surface area contributed by atoms with E-state index >= 15 is 0 Å². The first-order valence-electron chi connectivity index (χ1n) is 7.63. The molecule has 2 aliphatic rings. The van der Waals surface area contributed by atoms with Crippen LogP contribution in [0, 0.1) is 5.41 Å². The lowest BCUT2D eigenvalue weighted by atomic mass is 9.71. The van der Waals surface area contributed by atoms with Crippen LogP contribution in [-0.2, 0) is 4.79 Å². The minimum atomic E-state index is 0.255. The van der Waals surface area contributed by atoms with Gasteiger partial charge >= 0.3 is 0 Å². The Hall–Kier alpha value is -0.570. The highest BCUT2D eigenvalue weighted by atomic mass is 16.2. The van der Waals surface area contributed by atoms with Crippen molar-refractivity contribution >= 4 is 5.91 Å². The van der Waals surface area contributed by atoms with E-state index in [1.165, 1.54) is 58.2 Å². The van der Waals surface area contributed by atoms with E-state index in [1.54, 1.807) is 6.92 Å². The predicted octanol–water partition coefficient (Wildman–Crippen LogP) is 2.51. The Bertz CT molecular complexity index is 272. The number of hydrogen-bond donors (Lipinski definition) is 0. The molecule has 2 fully saturated rings. The van der Waals surface area contributed by atoms with Crippen molar-refractivity contribution in [3.8, 4) is 0 Å². The molecule has 2 rings (SSSR count). The van der Waals surface area contributed by atoms with Crippen LogP contribution >= 0.6 is 0 Å². The lowest BCUT2D eigenvalue weighted by Gasteiger charge is -2.46. The first-order chi connectivity index (χ1) is 8.65. The normalized spacial score (nSPS) is 24.4. The molecule has 0 bridgehead atoms. The zero-order valence-electron chi connectivity index (χ0n) is 12.1. The van der Waals surface area contributed by atoms with Gasteiger partial charge in [0.15, 0.2) is 0 Å². The van der Waals surface area contributed by atoms with E-state index in [0.717, 1.165) is 13.1 Å². The maximum Gasteiger partial charge on any atom is 0.219 e. The molecule has 0 unspecified atom stereocenters. The van der Waals surface area contributed by atoms with Gasteiger partial charge in [0.2, 0.25) is 5.91 Å². The molecule has 104 valence electrons. The zero-order valence-corrected chi connectivity index (χ0v) is 12.1. The van der Waals surface area contributed by atoms with Crippen LogP contribution in [0.4, 0.5) is 0 Å². The van der Waals surface area contributed by atoms with Gasteiger partial charge in [-0.2, -0.15) is 0 Å². The van der Waals surface area contributed by atoms with Crippen molar-refractivity contribution in [2.45, 2.75) is 52.4 Å². The molecule has 0 aromatic carbocycles. The van der Waals surface area contributed by atoms with E-state index in [0.29, 0.717) is 5.41 Å². The number of hydrogen-bond acceptors (Lipinski definition) is 2. The summed E-state index contributed by atoms with van der Waals surface area (Å²) >= 11 is 0. The second-order valence-corrected chi connectivity index (χ2v) is 6.20. The highest BCUT2D eigenvalue weighted by Gasteiger charge is 2.37. The molecule has 0 aromatic heterocycles. The molecule has 2 aliphatic heterocycles. The molecule has 1 spiro atoms. The minimum Gasteiger partial charge on any atom is -0.343 e. The van der Waals surface area contributed by atoms with Gasteiger partial charge in [-0.1, -0.05) is 13.3 Å². The average molecular weight is 252 g/mol. The van der Waals surface area contributed by atoms with Crippen LogP contribution in [0.25, 0.3) is 0 Å². The van der Waals surface area contributed by atoms with E-state index in [9.17, 15) is 4.79 Å². The van der Waals surface area contributed by atoms with Gasteiger partial charge in [-0.05, 0) is 57.2 Å². The third kappa shape index (κ3) is 3.25. The summed E-state index contributed by atoms with van der Waals surface area (Å²) in [6.45, 7) is 9.79. The molecule has 0 aromatic rings. The quantitative estimate of drug-likeness (QED) is 0.770. The fourth-order valence-electron chi connectivity index (χ4n) is 3.43. The summed E-state index contributed by atoms with van der Waals surface area (Å²) < 4.78 is 0. The number of rotatable bonds is 3. The van der Waals surface area contributed by atoms with Crippen LogP contribution in [0.1, 0.15) is 52.4 Å². The van der Waals surface area contributed by atoms with E-state index in [4.69, 9.17) is 0 Å². The summed E-state index contributed by atoms with van der Waals surface area (Å²) in [5.41, 5.74) is 0.564. The maximum atomic E-state index is 11.4. The number of carbonyl (C=O) groups is 1. The molecule has 0 atom stereocenters. The molecule has 18 heavy (non-hydrogen) atoms. The SMILES string of the molecule is CCCCN1CCC2(CC1)CCN(C(C)=O)CC2. The Kier molecular flexibility index (Phi) is 4.66. The maximum absolute atomic E-state index is 11.4. The molecule has 3 nitrogen and oxygen atoms in total. The molecule has 0 radical (unpaired) electrons. The van der Waals surface area contributed by atoms with Gasteiger partial charge in [0.1, 0.15) is 0 Å². The fraction of sp³-hybridized carbons (Fsp3) is 0.933. The van der Waals surface area contributed by atoms with E-state index in [-0.39, 0.29) is 5.91 Å². The third-order valence-electron chi connectivity index (χ3n) is 5.01. The summed E-state index contributed by atoms with van der Waals surface area (Å²) in [5, 5.41) is 0. The van der Waals surface area contributed by atoms with Crippen LogP contribution in [0.2, 0.25) is 0 Å². The molecular weight excluding hydrogens is 224 g/mol.